The van der Waals surface area contributed by atoms with Crippen LogP contribution in [0, 0.1) is 0 Å². The maximum absolute atomic E-state index is 12.4. The number of aromatic carboxylic acids is 1. The van der Waals surface area contributed by atoms with E-state index in [1.807, 2.05) is 0 Å². The van der Waals surface area contributed by atoms with Gasteiger partial charge in [-0.25, -0.2) is 4.79 Å². The summed E-state index contributed by atoms with van der Waals surface area (Å²) >= 11 is 0. The van der Waals surface area contributed by atoms with E-state index in [0.29, 0.717) is 18.7 Å². The number of carboxylic acids is 1. The summed E-state index contributed by atoms with van der Waals surface area (Å²) in [7, 11) is 1.75. The van der Waals surface area contributed by atoms with Crippen LogP contribution in [0.25, 0.3) is 0 Å². The van der Waals surface area contributed by atoms with Crippen LogP contribution in [0.5, 0.6) is 0 Å². The van der Waals surface area contributed by atoms with Gasteiger partial charge in [0.25, 0.3) is 5.91 Å². The Labute approximate surface area is 136 Å². The molecular weight excluding hydrogens is 314 g/mol. The molecule has 1 aliphatic heterocycles. The van der Waals surface area contributed by atoms with Crippen LogP contribution in [0.1, 0.15) is 27.3 Å². The number of amides is 2. The maximum Gasteiger partial charge on any atom is 0.335 e. The SMILES string of the molecule is Cn1cc(N2CCC(NC(=O)c3cc(C(=O)O)ccn3)C2=O)cn1. The summed E-state index contributed by atoms with van der Waals surface area (Å²) in [6.45, 7) is 0.470. The van der Waals surface area contributed by atoms with E-state index in [2.05, 4.69) is 15.4 Å². The Morgan fingerprint density at radius 1 is 1.42 bits per heavy atom. The number of hydrogen-bond donors (Lipinski definition) is 2. The highest BCUT2D eigenvalue weighted by atomic mass is 16.4. The quantitative estimate of drug-likeness (QED) is 0.818. The van der Waals surface area contributed by atoms with E-state index >= 15 is 0 Å². The summed E-state index contributed by atoms with van der Waals surface area (Å²) in [6, 6.07) is 1.80. The van der Waals surface area contributed by atoms with Gasteiger partial charge < -0.3 is 15.3 Å². The van der Waals surface area contributed by atoms with Crippen LogP contribution in [-0.2, 0) is 11.8 Å². The molecule has 3 heterocycles. The number of nitrogens with zero attached hydrogens (tertiary/aromatic N) is 4. The summed E-state index contributed by atoms with van der Waals surface area (Å²) < 4.78 is 1.59. The van der Waals surface area contributed by atoms with Crippen LogP contribution in [0.15, 0.2) is 30.7 Å². The molecule has 1 aliphatic rings. The first-order valence-corrected chi connectivity index (χ1v) is 7.26. The van der Waals surface area contributed by atoms with Crippen LogP contribution in [-0.4, -0.2) is 50.2 Å². The van der Waals surface area contributed by atoms with E-state index in [4.69, 9.17) is 5.11 Å². The van der Waals surface area contributed by atoms with E-state index in [-0.39, 0.29) is 17.2 Å². The number of pyridine rings is 1. The highest BCUT2D eigenvalue weighted by molar-refractivity contribution is 6.03. The first kappa shape index (κ1) is 15.7. The molecule has 124 valence electrons. The van der Waals surface area contributed by atoms with Gasteiger partial charge >= 0.3 is 5.97 Å². The Hall–Kier alpha value is -3.23. The summed E-state index contributed by atoms with van der Waals surface area (Å²) in [5, 5.41) is 15.6. The van der Waals surface area contributed by atoms with Crippen molar-refractivity contribution >= 4 is 23.5 Å². The van der Waals surface area contributed by atoms with Crippen molar-refractivity contribution in [2.75, 3.05) is 11.4 Å². The van der Waals surface area contributed by atoms with Crippen molar-refractivity contribution in [1.29, 1.82) is 0 Å². The van der Waals surface area contributed by atoms with E-state index in [1.54, 1.807) is 29.0 Å². The van der Waals surface area contributed by atoms with Crippen LogP contribution in [0.2, 0.25) is 0 Å². The molecule has 0 spiro atoms. The van der Waals surface area contributed by atoms with Gasteiger partial charge in [0.05, 0.1) is 17.4 Å². The summed E-state index contributed by atoms with van der Waals surface area (Å²) in [5.41, 5.74) is 0.595. The van der Waals surface area contributed by atoms with Crippen LogP contribution in [0.3, 0.4) is 0 Å². The Morgan fingerprint density at radius 2 is 2.21 bits per heavy atom. The Balaban J connectivity index is 1.70. The van der Waals surface area contributed by atoms with Crippen LogP contribution < -0.4 is 10.2 Å². The van der Waals surface area contributed by atoms with Gasteiger partial charge in [-0.3, -0.25) is 19.3 Å². The van der Waals surface area contributed by atoms with Crippen molar-refractivity contribution in [3.05, 3.63) is 42.0 Å². The fourth-order valence-electron chi connectivity index (χ4n) is 2.54. The van der Waals surface area contributed by atoms with Crippen molar-refractivity contribution in [2.45, 2.75) is 12.5 Å². The van der Waals surface area contributed by atoms with Gasteiger partial charge in [0, 0.05) is 26.0 Å². The minimum absolute atomic E-state index is 0.0371. The molecule has 1 saturated heterocycles. The smallest absolute Gasteiger partial charge is 0.335 e. The standard InChI is InChI=1S/C15H15N5O4/c1-19-8-10(7-17-19)20-5-3-11(14(20)22)18-13(21)12-6-9(15(23)24)2-4-16-12/h2,4,6-8,11H,3,5H2,1H3,(H,18,21)(H,23,24). The molecule has 9 heteroatoms. The van der Waals surface area contributed by atoms with E-state index in [1.165, 1.54) is 18.3 Å². The molecule has 1 unspecified atom stereocenters. The fourth-order valence-corrected chi connectivity index (χ4v) is 2.54. The van der Waals surface area contributed by atoms with E-state index in [9.17, 15) is 14.4 Å². The third-order valence-corrected chi connectivity index (χ3v) is 3.75. The topological polar surface area (TPSA) is 117 Å². The van der Waals surface area contributed by atoms with Gasteiger partial charge in [-0.05, 0) is 18.6 Å². The first-order valence-electron chi connectivity index (χ1n) is 7.26. The normalized spacial score (nSPS) is 17.1. The zero-order chi connectivity index (χ0) is 17.3. The Kier molecular flexibility index (Phi) is 3.98. The predicted molar refractivity (Wildman–Crippen MR) is 82.6 cm³/mol. The molecule has 0 aliphatic carbocycles. The molecule has 2 amide bonds. The molecule has 0 saturated carbocycles. The van der Waals surface area contributed by atoms with Crippen LogP contribution >= 0.6 is 0 Å². The zero-order valence-electron chi connectivity index (χ0n) is 12.8. The summed E-state index contributed by atoms with van der Waals surface area (Å²) in [4.78, 5) is 41.0. The third kappa shape index (κ3) is 2.96. The summed E-state index contributed by atoms with van der Waals surface area (Å²) in [5.74, 6) is -1.96. The predicted octanol–water partition coefficient (Wildman–Crippen LogP) is 0.0486. The average molecular weight is 329 g/mol. The molecule has 1 fully saturated rings. The molecule has 3 rings (SSSR count). The monoisotopic (exact) mass is 329 g/mol. The second kappa shape index (κ2) is 6.11. The molecular formula is C15H15N5O4. The molecule has 9 nitrogen and oxygen atoms in total. The lowest BCUT2D eigenvalue weighted by Crippen LogP contribution is -2.41. The molecule has 2 aromatic rings. The first-order chi connectivity index (χ1) is 11.5. The number of hydrogen-bond acceptors (Lipinski definition) is 5. The van der Waals surface area contributed by atoms with Gasteiger partial charge in [-0.15, -0.1) is 0 Å². The second-order valence-electron chi connectivity index (χ2n) is 5.41. The van der Waals surface area contributed by atoms with E-state index in [0.717, 1.165) is 0 Å². The molecule has 0 bridgehead atoms. The molecule has 24 heavy (non-hydrogen) atoms. The number of aryl methyl sites for hydroxylation is 1. The van der Waals surface area contributed by atoms with E-state index < -0.39 is 17.9 Å². The van der Waals surface area contributed by atoms with Gasteiger partial charge in [0.15, 0.2) is 0 Å². The zero-order valence-corrected chi connectivity index (χ0v) is 12.8. The van der Waals surface area contributed by atoms with Crippen molar-refractivity contribution in [3.63, 3.8) is 0 Å². The summed E-state index contributed by atoms with van der Waals surface area (Å²) in [6.07, 6.45) is 5.01. The minimum Gasteiger partial charge on any atom is -0.478 e. The Bertz CT molecular complexity index is 816. The number of aromatic nitrogens is 3. The molecule has 0 aromatic carbocycles. The van der Waals surface area contributed by atoms with Crippen molar-refractivity contribution in [3.8, 4) is 0 Å². The number of rotatable bonds is 4. The third-order valence-electron chi connectivity index (χ3n) is 3.75. The maximum atomic E-state index is 12.4. The Morgan fingerprint density at radius 3 is 2.88 bits per heavy atom. The lowest BCUT2D eigenvalue weighted by Gasteiger charge is -2.15. The minimum atomic E-state index is -1.15. The lowest BCUT2D eigenvalue weighted by atomic mass is 10.2. The van der Waals surface area contributed by atoms with Crippen molar-refractivity contribution in [2.24, 2.45) is 7.05 Å². The number of carbonyl (C=O) groups excluding carboxylic acids is 2. The highest BCUT2D eigenvalue weighted by Gasteiger charge is 2.34. The van der Waals surface area contributed by atoms with Gasteiger partial charge in [0.1, 0.15) is 11.7 Å². The van der Waals surface area contributed by atoms with Crippen LogP contribution in [0.4, 0.5) is 5.69 Å². The largest absolute Gasteiger partial charge is 0.478 e. The fraction of sp³-hybridized carbons (Fsp3) is 0.267. The number of carboxylic acid groups (broad SMARTS) is 1. The number of carbonyl (C=O) groups is 3. The van der Waals surface area contributed by atoms with Crippen molar-refractivity contribution < 1.29 is 19.5 Å². The molecule has 0 radical (unpaired) electrons. The van der Waals surface area contributed by atoms with Gasteiger partial charge in [0.2, 0.25) is 5.91 Å². The molecule has 2 N–H and O–H groups in total. The number of nitrogens with one attached hydrogen (secondary N) is 1. The van der Waals surface area contributed by atoms with Gasteiger partial charge in [-0.2, -0.15) is 5.10 Å². The second-order valence-corrected chi connectivity index (χ2v) is 5.41. The van der Waals surface area contributed by atoms with Gasteiger partial charge in [-0.1, -0.05) is 0 Å². The highest BCUT2D eigenvalue weighted by Crippen LogP contribution is 2.20. The average Bonchev–Trinajstić information content (AvgIpc) is 3.14. The lowest BCUT2D eigenvalue weighted by molar-refractivity contribution is -0.118. The molecule has 2 aromatic heterocycles. The molecule has 1 atom stereocenters. The number of anilines is 1. The van der Waals surface area contributed by atoms with Crippen molar-refractivity contribution in [1.82, 2.24) is 20.1 Å².